The highest BCUT2D eigenvalue weighted by Crippen LogP contribution is 2.30. The smallest absolute Gasteiger partial charge is 0.223 e. The number of hydrogen-bond acceptors (Lipinski definition) is 3. The summed E-state index contributed by atoms with van der Waals surface area (Å²) in [5.74, 6) is 1.14. The van der Waals surface area contributed by atoms with Crippen molar-refractivity contribution in [1.29, 1.82) is 0 Å². The van der Waals surface area contributed by atoms with Gasteiger partial charge in [-0.25, -0.2) is 4.98 Å². The van der Waals surface area contributed by atoms with Gasteiger partial charge in [0.2, 0.25) is 5.91 Å². The Morgan fingerprint density at radius 1 is 1.43 bits per heavy atom. The molecule has 0 bridgehead atoms. The van der Waals surface area contributed by atoms with Gasteiger partial charge in [-0.05, 0) is 37.1 Å². The van der Waals surface area contributed by atoms with Crippen LogP contribution in [-0.4, -0.2) is 22.0 Å². The minimum Gasteiger partial charge on any atom is -0.378 e. The number of anilines is 2. The normalized spacial score (nSPS) is 13.3. The number of carbonyl (C=O) groups excluding carboxylic acids is 1. The van der Waals surface area contributed by atoms with Gasteiger partial charge in [0, 0.05) is 43.8 Å². The number of nitrogens with one attached hydrogen (secondary N) is 1. The third-order valence-corrected chi connectivity index (χ3v) is 3.95. The average Bonchev–Trinajstić information content (AvgIpc) is 3.10. The minimum absolute atomic E-state index is 0.111. The van der Waals surface area contributed by atoms with Crippen LogP contribution in [0.5, 0.6) is 0 Å². The van der Waals surface area contributed by atoms with Crippen LogP contribution in [0.15, 0.2) is 30.6 Å². The van der Waals surface area contributed by atoms with Crippen molar-refractivity contribution in [3.8, 4) is 0 Å². The number of amides is 1. The lowest BCUT2D eigenvalue weighted by molar-refractivity contribution is -0.116. The molecule has 1 amide bonds. The van der Waals surface area contributed by atoms with Crippen LogP contribution in [-0.2, 0) is 24.3 Å². The van der Waals surface area contributed by atoms with Crippen molar-refractivity contribution in [2.75, 3.05) is 16.8 Å². The van der Waals surface area contributed by atoms with Crippen molar-refractivity contribution < 1.29 is 4.79 Å². The van der Waals surface area contributed by atoms with Gasteiger partial charge in [0.15, 0.2) is 0 Å². The van der Waals surface area contributed by atoms with Crippen molar-refractivity contribution >= 4 is 17.3 Å². The molecule has 2 heterocycles. The standard InChI is InChI=1S/C16H20N4O/c1-3-19-9-7-17-16(19)11-18-14-4-5-15-13(10-14)6-8-20(15)12(2)21/h4-5,7,9-10,18H,3,6,8,11H2,1-2H3. The van der Waals surface area contributed by atoms with Gasteiger partial charge in [-0.1, -0.05) is 0 Å². The highest BCUT2D eigenvalue weighted by atomic mass is 16.2. The van der Waals surface area contributed by atoms with E-state index in [1.54, 1.807) is 6.92 Å². The summed E-state index contributed by atoms with van der Waals surface area (Å²) in [6, 6.07) is 6.19. The van der Waals surface area contributed by atoms with Crippen molar-refractivity contribution in [3.05, 3.63) is 42.0 Å². The maximum Gasteiger partial charge on any atom is 0.223 e. The van der Waals surface area contributed by atoms with Crippen molar-refractivity contribution in [1.82, 2.24) is 9.55 Å². The minimum atomic E-state index is 0.111. The molecule has 5 heteroatoms. The van der Waals surface area contributed by atoms with Gasteiger partial charge < -0.3 is 14.8 Å². The van der Waals surface area contributed by atoms with E-state index in [-0.39, 0.29) is 5.91 Å². The summed E-state index contributed by atoms with van der Waals surface area (Å²) in [7, 11) is 0. The van der Waals surface area contributed by atoms with E-state index >= 15 is 0 Å². The number of aryl methyl sites for hydroxylation is 1. The zero-order valence-electron chi connectivity index (χ0n) is 12.5. The second-order valence-corrected chi connectivity index (χ2v) is 5.25. The van der Waals surface area contributed by atoms with E-state index in [0.717, 1.165) is 36.7 Å². The molecule has 0 radical (unpaired) electrons. The first-order valence-corrected chi connectivity index (χ1v) is 7.34. The molecule has 0 fully saturated rings. The van der Waals surface area contributed by atoms with Crippen LogP contribution in [0.4, 0.5) is 11.4 Å². The number of imidazole rings is 1. The van der Waals surface area contributed by atoms with Crippen molar-refractivity contribution in [2.45, 2.75) is 33.4 Å². The summed E-state index contributed by atoms with van der Waals surface area (Å²) < 4.78 is 2.12. The third kappa shape index (κ3) is 2.63. The van der Waals surface area contributed by atoms with Gasteiger partial charge in [0.25, 0.3) is 0 Å². The molecule has 1 aromatic carbocycles. The van der Waals surface area contributed by atoms with E-state index < -0.39 is 0 Å². The Balaban J connectivity index is 1.72. The molecule has 1 aromatic heterocycles. The SMILES string of the molecule is CCn1ccnc1CNc1ccc2c(c1)CCN2C(C)=O. The summed E-state index contributed by atoms with van der Waals surface area (Å²) in [6.45, 7) is 6.14. The Kier molecular flexibility index (Phi) is 3.64. The van der Waals surface area contributed by atoms with Crippen LogP contribution in [0.2, 0.25) is 0 Å². The molecule has 21 heavy (non-hydrogen) atoms. The molecule has 1 aliphatic heterocycles. The molecule has 0 aliphatic carbocycles. The van der Waals surface area contributed by atoms with Gasteiger partial charge in [-0.3, -0.25) is 4.79 Å². The number of benzene rings is 1. The van der Waals surface area contributed by atoms with Crippen LogP contribution < -0.4 is 10.2 Å². The Labute approximate surface area is 124 Å². The van der Waals surface area contributed by atoms with E-state index in [2.05, 4.69) is 27.9 Å². The Morgan fingerprint density at radius 3 is 3.05 bits per heavy atom. The fourth-order valence-corrected chi connectivity index (χ4v) is 2.82. The first-order valence-electron chi connectivity index (χ1n) is 7.34. The first kappa shape index (κ1) is 13.7. The molecule has 0 spiro atoms. The Bertz CT molecular complexity index is 662. The summed E-state index contributed by atoms with van der Waals surface area (Å²) in [5.41, 5.74) is 3.35. The average molecular weight is 284 g/mol. The molecule has 0 unspecified atom stereocenters. The van der Waals surface area contributed by atoms with Gasteiger partial charge in [-0.2, -0.15) is 0 Å². The Hall–Kier alpha value is -2.30. The maximum atomic E-state index is 11.5. The number of aromatic nitrogens is 2. The van der Waals surface area contributed by atoms with Crippen LogP contribution in [0.25, 0.3) is 0 Å². The lowest BCUT2D eigenvalue weighted by atomic mass is 10.1. The summed E-state index contributed by atoms with van der Waals surface area (Å²) in [4.78, 5) is 17.7. The fourth-order valence-electron chi connectivity index (χ4n) is 2.82. The van der Waals surface area contributed by atoms with Crippen LogP contribution in [0.3, 0.4) is 0 Å². The molecule has 0 saturated heterocycles. The molecule has 3 rings (SSSR count). The summed E-state index contributed by atoms with van der Waals surface area (Å²) in [5, 5.41) is 3.41. The van der Waals surface area contributed by atoms with E-state index in [9.17, 15) is 4.79 Å². The van der Waals surface area contributed by atoms with E-state index in [0.29, 0.717) is 6.54 Å². The molecule has 0 atom stereocenters. The topological polar surface area (TPSA) is 50.2 Å². The molecule has 1 N–H and O–H groups in total. The largest absolute Gasteiger partial charge is 0.378 e. The first-order chi connectivity index (χ1) is 10.2. The number of nitrogens with zero attached hydrogens (tertiary/aromatic N) is 3. The predicted molar refractivity (Wildman–Crippen MR) is 83.4 cm³/mol. The fraction of sp³-hybridized carbons (Fsp3) is 0.375. The molecule has 110 valence electrons. The maximum absolute atomic E-state index is 11.5. The molecule has 0 saturated carbocycles. The van der Waals surface area contributed by atoms with Gasteiger partial charge in [0.1, 0.15) is 5.82 Å². The highest BCUT2D eigenvalue weighted by Gasteiger charge is 2.21. The van der Waals surface area contributed by atoms with Gasteiger partial charge in [-0.15, -0.1) is 0 Å². The second kappa shape index (κ2) is 5.60. The Morgan fingerprint density at radius 2 is 2.29 bits per heavy atom. The lowest BCUT2D eigenvalue weighted by Gasteiger charge is -2.15. The zero-order chi connectivity index (χ0) is 14.8. The number of fused-ring (bicyclic) bond motifs is 1. The molecule has 1 aliphatic rings. The molecule has 5 nitrogen and oxygen atoms in total. The van der Waals surface area contributed by atoms with Gasteiger partial charge >= 0.3 is 0 Å². The quantitative estimate of drug-likeness (QED) is 0.938. The van der Waals surface area contributed by atoms with Crippen molar-refractivity contribution in [3.63, 3.8) is 0 Å². The summed E-state index contributed by atoms with van der Waals surface area (Å²) in [6.07, 6.45) is 4.74. The molecule has 2 aromatic rings. The molecular weight excluding hydrogens is 264 g/mol. The predicted octanol–water partition coefficient (Wildman–Crippen LogP) is 2.42. The van der Waals surface area contributed by atoms with E-state index in [4.69, 9.17) is 0 Å². The second-order valence-electron chi connectivity index (χ2n) is 5.25. The number of rotatable bonds is 4. The van der Waals surface area contributed by atoms with E-state index in [1.165, 1.54) is 5.56 Å². The van der Waals surface area contributed by atoms with Crippen LogP contribution in [0, 0.1) is 0 Å². The lowest BCUT2D eigenvalue weighted by Crippen LogP contribution is -2.25. The summed E-state index contributed by atoms with van der Waals surface area (Å²) >= 11 is 0. The number of carbonyl (C=O) groups is 1. The zero-order valence-corrected chi connectivity index (χ0v) is 12.5. The monoisotopic (exact) mass is 284 g/mol. The third-order valence-electron chi connectivity index (χ3n) is 3.95. The highest BCUT2D eigenvalue weighted by molar-refractivity contribution is 5.94. The number of hydrogen-bond donors (Lipinski definition) is 1. The van der Waals surface area contributed by atoms with Crippen LogP contribution >= 0.6 is 0 Å². The van der Waals surface area contributed by atoms with Crippen LogP contribution in [0.1, 0.15) is 25.2 Å². The van der Waals surface area contributed by atoms with Crippen molar-refractivity contribution in [2.24, 2.45) is 0 Å². The van der Waals surface area contributed by atoms with Gasteiger partial charge in [0.05, 0.1) is 6.54 Å². The van der Waals surface area contributed by atoms with E-state index in [1.807, 2.05) is 29.4 Å². The molecular formula is C16H20N4O.